The Hall–Kier alpha value is -1.78. The van der Waals surface area contributed by atoms with Crippen LogP contribution < -0.4 is 0 Å². The van der Waals surface area contributed by atoms with Crippen LogP contribution in [0.2, 0.25) is 0 Å². The molecule has 2 aromatic rings. The molecule has 1 fully saturated rings. The zero-order chi connectivity index (χ0) is 16.9. The maximum Gasteiger partial charge on any atom is 0.123 e. The summed E-state index contributed by atoms with van der Waals surface area (Å²) in [4.78, 5) is 3.10. The number of ether oxygens (including phenoxy) is 1. The Balaban J connectivity index is 1.73. The molecular formula is C18H19FN2O2S. The molecule has 0 bridgehead atoms. The number of nitrogens with zero attached hydrogens (tertiary/aromatic N) is 2. The van der Waals surface area contributed by atoms with Crippen molar-refractivity contribution >= 4 is 11.3 Å². The van der Waals surface area contributed by atoms with Crippen LogP contribution in [0.3, 0.4) is 0 Å². The van der Waals surface area contributed by atoms with Gasteiger partial charge in [0, 0.05) is 24.0 Å². The second-order valence-corrected chi connectivity index (χ2v) is 6.86. The van der Waals surface area contributed by atoms with Gasteiger partial charge in [-0.1, -0.05) is 6.07 Å². The molecule has 6 heteroatoms. The number of aliphatic hydroxyl groups is 1. The van der Waals surface area contributed by atoms with E-state index in [1.165, 1.54) is 29.5 Å². The summed E-state index contributed by atoms with van der Waals surface area (Å²) in [7, 11) is 0. The molecule has 1 aromatic carbocycles. The van der Waals surface area contributed by atoms with E-state index in [1.807, 2.05) is 17.5 Å². The normalized spacial score (nSPS) is 19.8. The average molecular weight is 346 g/mol. The molecule has 1 saturated heterocycles. The van der Waals surface area contributed by atoms with Crippen molar-refractivity contribution in [3.8, 4) is 6.07 Å². The Morgan fingerprint density at radius 2 is 2.33 bits per heavy atom. The van der Waals surface area contributed by atoms with Crippen molar-refractivity contribution in [1.29, 1.82) is 5.26 Å². The van der Waals surface area contributed by atoms with Gasteiger partial charge in [-0.05, 0) is 41.6 Å². The monoisotopic (exact) mass is 346 g/mol. The summed E-state index contributed by atoms with van der Waals surface area (Å²) in [6.45, 7) is 2.30. The van der Waals surface area contributed by atoms with Gasteiger partial charge in [0.2, 0.25) is 0 Å². The van der Waals surface area contributed by atoms with Gasteiger partial charge in [-0.3, -0.25) is 4.90 Å². The van der Waals surface area contributed by atoms with E-state index in [0.29, 0.717) is 43.9 Å². The van der Waals surface area contributed by atoms with E-state index >= 15 is 0 Å². The quantitative estimate of drug-likeness (QED) is 0.904. The summed E-state index contributed by atoms with van der Waals surface area (Å²) >= 11 is 1.53. The SMILES string of the molecule is N#Cc1ccc(F)cc1CN1CCOCC1CC(O)c1cccs1. The van der Waals surface area contributed by atoms with Gasteiger partial charge in [-0.15, -0.1) is 11.3 Å². The topological polar surface area (TPSA) is 56.5 Å². The van der Waals surface area contributed by atoms with Gasteiger partial charge in [0.25, 0.3) is 0 Å². The molecule has 24 heavy (non-hydrogen) atoms. The van der Waals surface area contributed by atoms with Crippen LogP contribution in [0.1, 0.15) is 28.5 Å². The first-order valence-electron chi connectivity index (χ1n) is 7.89. The van der Waals surface area contributed by atoms with Gasteiger partial charge in [0.05, 0.1) is 31.0 Å². The van der Waals surface area contributed by atoms with Crippen LogP contribution >= 0.6 is 11.3 Å². The predicted octanol–water partition coefficient (Wildman–Crippen LogP) is 3.08. The highest BCUT2D eigenvalue weighted by molar-refractivity contribution is 7.10. The van der Waals surface area contributed by atoms with Crippen molar-refractivity contribution in [3.05, 3.63) is 57.5 Å². The molecule has 2 unspecified atom stereocenters. The van der Waals surface area contributed by atoms with Crippen molar-refractivity contribution in [2.45, 2.75) is 25.1 Å². The van der Waals surface area contributed by atoms with Crippen LogP contribution in [-0.4, -0.2) is 35.8 Å². The van der Waals surface area contributed by atoms with Crippen LogP contribution in [0.15, 0.2) is 35.7 Å². The third-order valence-corrected chi connectivity index (χ3v) is 5.25. The van der Waals surface area contributed by atoms with E-state index in [1.54, 1.807) is 0 Å². The minimum Gasteiger partial charge on any atom is -0.388 e. The highest BCUT2D eigenvalue weighted by atomic mass is 32.1. The number of hydrogen-bond donors (Lipinski definition) is 1. The van der Waals surface area contributed by atoms with Crippen molar-refractivity contribution in [2.24, 2.45) is 0 Å². The Kier molecular flexibility index (Phi) is 5.59. The van der Waals surface area contributed by atoms with E-state index in [4.69, 9.17) is 4.74 Å². The minimum absolute atomic E-state index is 0.0330. The standard InChI is InChI=1S/C18H19FN2O2S/c19-15-4-3-13(10-20)14(8-15)11-21-5-6-23-12-16(21)9-17(22)18-2-1-7-24-18/h1-4,7-8,16-17,22H,5-6,9,11-12H2. The molecule has 0 saturated carbocycles. The molecule has 1 N–H and O–H groups in total. The molecule has 0 amide bonds. The van der Waals surface area contributed by atoms with Gasteiger partial charge in [0.1, 0.15) is 5.82 Å². The van der Waals surface area contributed by atoms with Crippen molar-refractivity contribution in [2.75, 3.05) is 19.8 Å². The van der Waals surface area contributed by atoms with Gasteiger partial charge in [-0.2, -0.15) is 5.26 Å². The fraction of sp³-hybridized carbons (Fsp3) is 0.389. The number of morpholine rings is 1. The summed E-state index contributed by atoms with van der Waals surface area (Å²) < 4.78 is 19.1. The fourth-order valence-corrected chi connectivity index (χ4v) is 3.71. The van der Waals surface area contributed by atoms with Gasteiger partial charge < -0.3 is 9.84 Å². The molecule has 0 radical (unpaired) electrons. The van der Waals surface area contributed by atoms with E-state index in [2.05, 4.69) is 11.0 Å². The molecular weight excluding hydrogens is 327 g/mol. The molecule has 1 aliphatic heterocycles. The largest absolute Gasteiger partial charge is 0.388 e. The molecule has 1 aliphatic rings. The number of halogens is 1. The Bertz CT molecular complexity index is 714. The zero-order valence-corrected chi connectivity index (χ0v) is 14.0. The maximum absolute atomic E-state index is 13.5. The van der Waals surface area contributed by atoms with E-state index in [-0.39, 0.29) is 11.9 Å². The second-order valence-electron chi connectivity index (χ2n) is 5.88. The Morgan fingerprint density at radius 3 is 3.08 bits per heavy atom. The summed E-state index contributed by atoms with van der Waals surface area (Å²) in [5.41, 5.74) is 1.16. The highest BCUT2D eigenvalue weighted by Crippen LogP contribution is 2.27. The van der Waals surface area contributed by atoms with Crippen LogP contribution in [-0.2, 0) is 11.3 Å². The lowest BCUT2D eigenvalue weighted by Crippen LogP contribution is -2.45. The van der Waals surface area contributed by atoms with E-state index in [0.717, 1.165) is 4.88 Å². The number of aliphatic hydroxyl groups excluding tert-OH is 1. The number of benzene rings is 1. The Morgan fingerprint density at radius 1 is 1.46 bits per heavy atom. The highest BCUT2D eigenvalue weighted by Gasteiger charge is 2.27. The average Bonchev–Trinajstić information content (AvgIpc) is 3.11. The predicted molar refractivity (Wildman–Crippen MR) is 90.0 cm³/mol. The van der Waals surface area contributed by atoms with Gasteiger partial charge >= 0.3 is 0 Å². The molecule has 0 spiro atoms. The van der Waals surface area contributed by atoms with Crippen molar-refractivity contribution in [3.63, 3.8) is 0 Å². The maximum atomic E-state index is 13.5. The molecule has 126 valence electrons. The van der Waals surface area contributed by atoms with Crippen LogP contribution in [0.5, 0.6) is 0 Å². The molecule has 4 nitrogen and oxygen atoms in total. The summed E-state index contributed by atoms with van der Waals surface area (Å²) in [5, 5.41) is 21.6. The number of thiophene rings is 1. The lowest BCUT2D eigenvalue weighted by molar-refractivity contribution is -0.0296. The zero-order valence-electron chi connectivity index (χ0n) is 13.2. The molecule has 1 aromatic heterocycles. The van der Waals surface area contributed by atoms with E-state index in [9.17, 15) is 14.8 Å². The molecule has 2 atom stereocenters. The third kappa shape index (κ3) is 4.00. The van der Waals surface area contributed by atoms with Crippen molar-refractivity contribution in [1.82, 2.24) is 4.90 Å². The summed E-state index contributed by atoms with van der Waals surface area (Å²) in [6, 6.07) is 10.2. The molecule has 2 heterocycles. The third-order valence-electron chi connectivity index (χ3n) is 4.28. The fourth-order valence-electron chi connectivity index (χ4n) is 2.99. The lowest BCUT2D eigenvalue weighted by Gasteiger charge is -2.36. The van der Waals surface area contributed by atoms with E-state index < -0.39 is 6.10 Å². The number of rotatable bonds is 5. The smallest absolute Gasteiger partial charge is 0.123 e. The van der Waals surface area contributed by atoms with Crippen LogP contribution in [0.25, 0.3) is 0 Å². The Labute approximate surface area is 144 Å². The summed E-state index contributed by atoms with van der Waals surface area (Å²) in [6.07, 6.45) is 0.0136. The summed E-state index contributed by atoms with van der Waals surface area (Å²) in [5.74, 6) is -0.340. The first kappa shape index (κ1) is 17.1. The van der Waals surface area contributed by atoms with Crippen molar-refractivity contribution < 1.29 is 14.2 Å². The molecule has 0 aliphatic carbocycles. The minimum atomic E-state index is -0.540. The second kappa shape index (κ2) is 7.86. The van der Waals surface area contributed by atoms with Crippen LogP contribution in [0.4, 0.5) is 4.39 Å². The lowest BCUT2D eigenvalue weighted by atomic mass is 10.0. The van der Waals surface area contributed by atoms with Gasteiger partial charge in [-0.25, -0.2) is 4.39 Å². The first-order chi connectivity index (χ1) is 11.7. The van der Waals surface area contributed by atoms with Crippen LogP contribution in [0, 0.1) is 17.1 Å². The first-order valence-corrected chi connectivity index (χ1v) is 8.77. The molecule has 3 rings (SSSR count). The number of nitriles is 1. The van der Waals surface area contributed by atoms with Gasteiger partial charge in [0.15, 0.2) is 0 Å². The number of hydrogen-bond acceptors (Lipinski definition) is 5.